The summed E-state index contributed by atoms with van der Waals surface area (Å²) >= 11 is 0. The number of hydrogen-bond acceptors (Lipinski definition) is 4. The maximum atomic E-state index is 11.0. The molecule has 0 bridgehead atoms. The molecule has 0 heterocycles. The molecule has 1 rings (SSSR count). The number of aliphatic carboxylic acids is 1. The van der Waals surface area contributed by atoms with Gasteiger partial charge in [0.25, 0.3) is 10.1 Å². The van der Waals surface area contributed by atoms with Crippen molar-refractivity contribution in [2.45, 2.75) is 5.25 Å². The van der Waals surface area contributed by atoms with Gasteiger partial charge in [0.05, 0.1) is 5.57 Å². The number of carboxylic acid groups (broad SMARTS) is 1. The Hall–Kier alpha value is -1.47. The summed E-state index contributed by atoms with van der Waals surface area (Å²) in [7, 11) is -4.50. The largest absolute Gasteiger partial charge is 0.478 e. The molecule has 6 nitrogen and oxygen atoms in total. The second-order valence-corrected chi connectivity index (χ2v) is 4.14. The highest BCUT2D eigenvalue weighted by molar-refractivity contribution is 7.87. The summed E-state index contributed by atoms with van der Waals surface area (Å²) in [6.45, 7) is 0. The van der Waals surface area contributed by atoms with Crippen molar-refractivity contribution >= 4 is 21.9 Å². The number of hydrogen-bond donors (Lipinski definition) is 2. The maximum absolute atomic E-state index is 11.0. The van der Waals surface area contributed by atoms with Gasteiger partial charge in [0.1, 0.15) is 0 Å². The highest BCUT2D eigenvalue weighted by Gasteiger charge is 2.30. The monoisotopic (exact) mass is 218 g/mol. The molecule has 76 valence electrons. The molecule has 2 N–H and O–H groups in total. The lowest BCUT2D eigenvalue weighted by molar-refractivity contribution is -0.132. The molecule has 0 amide bonds. The first-order valence-corrected chi connectivity index (χ1v) is 4.96. The van der Waals surface area contributed by atoms with Gasteiger partial charge in [-0.1, -0.05) is 6.08 Å². The van der Waals surface area contributed by atoms with Gasteiger partial charge in [-0.2, -0.15) is 8.42 Å². The zero-order valence-electron chi connectivity index (χ0n) is 6.75. The fourth-order valence-corrected chi connectivity index (χ4v) is 1.59. The quantitative estimate of drug-likeness (QED) is 0.598. The van der Waals surface area contributed by atoms with E-state index in [4.69, 9.17) is 9.66 Å². The van der Waals surface area contributed by atoms with Crippen LogP contribution in [0.3, 0.4) is 0 Å². The van der Waals surface area contributed by atoms with Crippen molar-refractivity contribution in [2.75, 3.05) is 0 Å². The van der Waals surface area contributed by atoms with Crippen LogP contribution in [0.25, 0.3) is 0 Å². The van der Waals surface area contributed by atoms with Gasteiger partial charge in [-0.05, 0) is 12.2 Å². The molecule has 0 aromatic heterocycles. The van der Waals surface area contributed by atoms with E-state index in [1.807, 2.05) is 0 Å². The summed E-state index contributed by atoms with van der Waals surface area (Å²) < 4.78 is 29.7. The molecule has 0 saturated carbocycles. The van der Waals surface area contributed by atoms with Gasteiger partial charge in [-0.3, -0.25) is 9.35 Å². The van der Waals surface area contributed by atoms with Crippen LogP contribution in [0.4, 0.5) is 0 Å². The summed E-state index contributed by atoms with van der Waals surface area (Å²) in [6, 6.07) is 0. The van der Waals surface area contributed by atoms with Gasteiger partial charge < -0.3 is 5.11 Å². The summed E-state index contributed by atoms with van der Waals surface area (Å²) in [5, 5.41) is 6.77. The number of ketones is 1. The van der Waals surface area contributed by atoms with Crippen LogP contribution in [0.2, 0.25) is 0 Å². The number of rotatable bonds is 2. The Kier molecular flexibility index (Phi) is 2.54. The molecule has 0 radical (unpaired) electrons. The van der Waals surface area contributed by atoms with Crippen LogP contribution in [-0.4, -0.2) is 35.1 Å². The first kappa shape index (κ1) is 10.6. The average Bonchev–Trinajstić information content (AvgIpc) is 2.01. The predicted molar refractivity (Wildman–Crippen MR) is 45.2 cm³/mol. The minimum Gasteiger partial charge on any atom is -0.478 e. The first-order valence-electron chi connectivity index (χ1n) is 3.45. The van der Waals surface area contributed by atoms with E-state index >= 15 is 0 Å². The van der Waals surface area contributed by atoms with Crippen LogP contribution in [0.1, 0.15) is 0 Å². The summed E-state index contributed by atoms with van der Waals surface area (Å²) in [6.07, 6.45) is 2.46. The van der Waals surface area contributed by atoms with Crippen molar-refractivity contribution in [2.24, 2.45) is 0 Å². The fraction of sp³-hybridized carbons (Fsp3) is 0.143. The third-order valence-electron chi connectivity index (χ3n) is 1.60. The van der Waals surface area contributed by atoms with Crippen LogP contribution in [0.5, 0.6) is 0 Å². The van der Waals surface area contributed by atoms with Crippen molar-refractivity contribution in [3.63, 3.8) is 0 Å². The smallest absolute Gasteiger partial charge is 0.335 e. The Morgan fingerprint density at radius 3 is 2.36 bits per heavy atom. The third kappa shape index (κ3) is 2.06. The molecule has 1 aliphatic carbocycles. The van der Waals surface area contributed by atoms with Crippen molar-refractivity contribution in [3.05, 3.63) is 23.8 Å². The Labute approximate surface area is 79.3 Å². The van der Waals surface area contributed by atoms with E-state index in [1.165, 1.54) is 0 Å². The lowest BCUT2D eigenvalue weighted by Gasteiger charge is -2.09. The molecule has 0 saturated heterocycles. The standard InChI is InChI=1S/C7H6O6S/c8-5-3-4(7(9)10)1-2-6(5)14(11,12)13/h1-3,6H,(H,9,10)(H,11,12,13). The molecule has 1 unspecified atom stereocenters. The minimum atomic E-state index is -4.50. The lowest BCUT2D eigenvalue weighted by Crippen LogP contribution is -2.29. The summed E-state index contributed by atoms with van der Waals surface area (Å²) in [5.74, 6) is -2.30. The van der Waals surface area contributed by atoms with Crippen molar-refractivity contribution in [1.82, 2.24) is 0 Å². The Morgan fingerprint density at radius 2 is 2.00 bits per heavy atom. The maximum Gasteiger partial charge on any atom is 0.335 e. The zero-order chi connectivity index (χ0) is 10.9. The van der Waals surface area contributed by atoms with Gasteiger partial charge in [0.2, 0.25) is 0 Å². The number of carbonyl (C=O) groups is 2. The Balaban J connectivity index is 3.05. The predicted octanol–water partition coefficient (Wildman–Crippen LogP) is -0.607. The van der Waals surface area contributed by atoms with Crippen LogP contribution < -0.4 is 0 Å². The van der Waals surface area contributed by atoms with Crippen molar-refractivity contribution in [1.29, 1.82) is 0 Å². The van der Waals surface area contributed by atoms with E-state index < -0.39 is 27.1 Å². The molecular weight excluding hydrogens is 212 g/mol. The summed E-state index contributed by atoms with van der Waals surface area (Å²) in [5.41, 5.74) is -0.310. The molecule has 0 fully saturated rings. The first-order chi connectivity index (χ1) is 6.32. The Morgan fingerprint density at radius 1 is 1.43 bits per heavy atom. The second-order valence-electron chi connectivity index (χ2n) is 2.60. The van der Waals surface area contributed by atoms with Gasteiger partial charge in [0, 0.05) is 0 Å². The zero-order valence-corrected chi connectivity index (χ0v) is 7.56. The molecule has 7 heteroatoms. The van der Waals surface area contributed by atoms with E-state index in [0.29, 0.717) is 6.08 Å². The van der Waals surface area contributed by atoms with E-state index in [2.05, 4.69) is 0 Å². The number of carboxylic acids is 1. The van der Waals surface area contributed by atoms with E-state index in [0.717, 1.165) is 12.2 Å². The van der Waals surface area contributed by atoms with Crippen LogP contribution in [-0.2, 0) is 19.7 Å². The van der Waals surface area contributed by atoms with Crippen LogP contribution in [0.15, 0.2) is 23.8 Å². The fourth-order valence-electron chi connectivity index (χ4n) is 0.949. The van der Waals surface area contributed by atoms with E-state index in [1.54, 1.807) is 0 Å². The molecule has 0 aliphatic heterocycles. The van der Waals surface area contributed by atoms with Gasteiger partial charge in [-0.25, -0.2) is 4.79 Å². The summed E-state index contributed by atoms with van der Waals surface area (Å²) in [4.78, 5) is 21.4. The van der Waals surface area contributed by atoms with Gasteiger partial charge in [-0.15, -0.1) is 0 Å². The van der Waals surface area contributed by atoms with Gasteiger partial charge in [0.15, 0.2) is 11.0 Å². The molecule has 0 aromatic rings. The van der Waals surface area contributed by atoms with Crippen LogP contribution in [0, 0.1) is 0 Å². The molecule has 0 aromatic carbocycles. The minimum absolute atomic E-state index is 0.310. The normalized spacial score (nSPS) is 21.9. The van der Waals surface area contributed by atoms with E-state index in [9.17, 15) is 18.0 Å². The van der Waals surface area contributed by atoms with E-state index in [-0.39, 0.29) is 5.57 Å². The average molecular weight is 218 g/mol. The highest BCUT2D eigenvalue weighted by Crippen LogP contribution is 2.13. The molecule has 0 spiro atoms. The number of allylic oxidation sites excluding steroid dienone is 1. The molecule has 1 atom stereocenters. The molecule has 14 heavy (non-hydrogen) atoms. The van der Waals surface area contributed by atoms with Crippen molar-refractivity contribution in [3.8, 4) is 0 Å². The lowest BCUT2D eigenvalue weighted by atomic mass is 10.1. The highest BCUT2D eigenvalue weighted by atomic mass is 32.2. The molecule has 1 aliphatic rings. The third-order valence-corrected chi connectivity index (χ3v) is 2.63. The SMILES string of the molecule is O=C(O)C1=CC(=O)C(S(=O)(=O)O)C=C1. The number of carbonyl (C=O) groups excluding carboxylic acids is 1. The van der Waals surface area contributed by atoms with Crippen LogP contribution >= 0.6 is 0 Å². The Bertz CT molecular complexity index is 441. The molecular formula is C7H6O6S. The van der Waals surface area contributed by atoms with Crippen molar-refractivity contribution < 1.29 is 27.7 Å². The second kappa shape index (κ2) is 3.35. The van der Waals surface area contributed by atoms with Gasteiger partial charge >= 0.3 is 5.97 Å². The topological polar surface area (TPSA) is 109 Å².